The molecule has 3 atom stereocenters. The van der Waals surface area contributed by atoms with E-state index in [0.29, 0.717) is 5.41 Å². The maximum Gasteiger partial charge on any atom is -0.000606 e. The third-order valence-electron chi connectivity index (χ3n) is 3.41. The van der Waals surface area contributed by atoms with Crippen LogP contribution in [0, 0.1) is 17.3 Å². The lowest BCUT2D eigenvalue weighted by Crippen LogP contribution is -2.15. The fourth-order valence-electron chi connectivity index (χ4n) is 2.58. The van der Waals surface area contributed by atoms with Gasteiger partial charge < -0.3 is 0 Å². The van der Waals surface area contributed by atoms with Gasteiger partial charge in [0.1, 0.15) is 0 Å². The molecule has 0 N–H and O–H groups in total. The number of fused-ring (bicyclic) bond motifs is 2. The highest BCUT2D eigenvalue weighted by molar-refractivity contribution is 5.22. The third-order valence-corrected chi connectivity index (χ3v) is 3.41. The Morgan fingerprint density at radius 2 is 2.42 bits per heavy atom. The summed E-state index contributed by atoms with van der Waals surface area (Å²) in [5.74, 6) is 1.54. The molecule has 12 heavy (non-hydrogen) atoms. The summed E-state index contributed by atoms with van der Waals surface area (Å²) in [6.07, 6.45) is 11.8. The first-order valence-corrected chi connectivity index (χ1v) is 4.83. The van der Waals surface area contributed by atoms with Crippen LogP contribution < -0.4 is 0 Å². The topological polar surface area (TPSA) is 0 Å². The first kappa shape index (κ1) is 7.89. The average molecular weight is 160 g/mol. The fraction of sp³-hybridized carbons (Fsp3) is 0.583. The zero-order chi connectivity index (χ0) is 8.60. The van der Waals surface area contributed by atoms with E-state index in [2.05, 4.69) is 30.9 Å². The Kier molecular flexibility index (Phi) is 1.73. The van der Waals surface area contributed by atoms with Crippen molar-refractivity contribution in [2.24, 2.45) is 17.3 Å². The highest BCUT2D eigenvalue weighted by atomic mass is 14.5. The van der Waals surface area contributed by atoms with Crippen LogP contribution in [0.5, 0.6) is 0 Å². The van der Waals surface area contributed by atoms with Gasteiger partial charge in [0.2, 0.25) is 0 Å². The van der Waals surface area contributed by atoms with E-state index in [0.717, 1.165) is 11.8 Å². The van der Waals surface area contributed by atoms with Crippen molar-refractivity contribution in [2.45, 2.75) is 26.7 Å². The molecule has 0 nitrogen and oxygen atoms in total. The molecule has 0 radical (unpaired) electrons. The van der Waals surface area contributed by atoms with E-state index in [4.69, 9.17) is 0 Å². The molecule has 1 fully saturated rings. The van der Waals surface area contributed by atoms with Gasteiger partial charge >= 0.3 is 0 Å². The standard InChI is InChI=1S/C12H16/c1-3-4-5-11-10-6-8-12(11,2)9-7-10/h3,5-6,8,10-11H,7,9H2,1-2H3/t4?,10-,11-,12+/m1/s1. The Labute approximate surface area is 74.7 Å². The molecule has 0 heterocycles. The summed E-state index contributed by atoms with van der Waals surface area (Å²) in [7, 11) is 0. The number of hydrogen-bond acceptors (Lipinski definition) is 0. The molecule has 2 rings (SSSR count). The summed E-state index contributed by atoms with van der Waals surface area (Å²) >= 11 is 0. The van der Waals surface area contributed by atoms with Crippen LogP contribution in [-0.4, -0.2) is 0 Å². The van der Waals surface area contributed by atoms with Crippen LogP contribution in [0.1, 0.15) is 26.7 Å². The van der Waals surface area contributed by atoms with Crippen LogP contribution in [0.4, 0.5) is 0 Å². The van der Waals surface area contributed by atoms with E-state index in [1.807, 2.05) is 13.0 Å². The van der Waals surface area contributed by atoms with Crippen molar-refractivity contribution >= 4 is 0 Å². The summed E-state index contributed by atoms with van der Waals surface area (Å²) in [6.45, 7) is 4.40. The lowest BCUT2D eigenvalue weighted by Gasteiger charge is -2.22. The molecule has 0 aliphatic heterocycles. The van der Waals surface area contributed by atoms with Crippen molar-refractivity contribution in [3.63, 3.8) is 0 Å². The highest BCUT2D eigenvalue weighted by Gasteiger charge is 2.44. The van der Waals surface area contributed by atoms with Crippen LogP contribution in [0.25, 0.3) is 0 Å². The summed E-state index contributed by atoms with van der Waals surface area (Å²) in [5.41, 5.74) is 3.69. The molecule has 2 aliphatic carbocycles. The minimum Gasteiger partial charge on any atom is -0.130 e. The maximum absolute atomic E-state index is 3.23. The largest absolute Gasteiger partial charge is 0.130 e. The predicted molar refractivity (Wildman–Crippen MR) is 51.8 cm³/mol. The van der Waals surface area contributed by atoms with Gasteiger partial charge in [-0.1, -0.05) is 19.1 Å². The quantitative estimate of drug-likeness (QED) is 0.408. The zero-order valence-electron chi connectivity index (χ0n) is 7.88. The van der Waals surface area contributed by atoms with Gasteiger partial charge in [-0.15, -0.1) is 5.73 Å². The molecular formula is C12H16. The molecule has 0 heteroatoms. The summed E-state index contributed by atoms with van der Waals surface area (Å²) in [4.78, 5) is 0. The molecule has 0 amide bonds. The van der Waals surface area contributed by atoms with E-state index in [1.165, 1.54) is 12.8 Å². The van der Waals surface area contributed by atoms with Crippen molar-refractivity contribution in [1.82, 2.24) is 0 Å². The van der Waals surface area contributed by atoms with E-state index < -0.39 is 0 Å². The summed E-state index contributed by atoms with van der Waals surface area (Å²) < 4.78 is 0. The van der Waals surface area contributed by atoms with Crippen LogP contribution >= 0.6 is 0 Å². The second kappa shape index (κ2) is 2.64. The van der Waals surface area contributed by atoms with Gasteiger partial charge in [-0.3, -0.25) is 0 Å². The van der Waals surface area contributed by atoms with Crippen molar-refractivity contribution < 1.29 is 0 Å². The number of rotatable bonds is 1. The minimum absolute atomic E-state index is 0.459. The Morgan fingerprint density at radius 3 is 2.83 bits per heavy atom. The average Bonchev–Trinajstić information content (AvgIpc) is 2.53. The van der Waals surface area contributed by atoms with Crippen LogP contribution in [0.15, 0.2) is 30.0 Å². The Morgan fingerprint density at radius 1 is 1.58 bits per heavy atom. The first-order chi connectivity index (χ1) is 5.76. The van der Waals surface area contributed by atoms with Gasteiger partial charge in [-0.25, -0.2) is 0 Å². The molecule has 2 aliphatic rings. The lowest BCUT2D eigenvalue weighted by molar-refractivity contribution is 0.367. The number of allylic oxidation sites excluding steroid dienone is 3. The highest BCUT2D eigenvalue weighted by Crippen LogP contribution is 2.53. The van der Waals surface area contributed by atoms with Gasteiger partial charge in [-0.2, -0.15) is 0 Å². The monoisotopic (exact) mass is 160 g/mol. The van der Waals surface area contributed by atoms with Crippen LogP contribution in [0.3, 0.4) is 0 Å². The van der Waals surface area contributed by atoms with E-state index >= 15 is 0 Å². The SMILES string of the molecule is CC=C=C[C@@H]1[C@@H]2C=C[C@@]1(C)CC2. The second-order valence-electron chi connectivity index (χ2n) is 4.22. The maximum atomic E-state index is 3.23. The molecule has 0 aromatic carbocycles. The van der Waals surface area contributed by atoms with Gasteiger partial charge in [0.15, 0.2) is 0 Å². The van der Waals surface area contributed by atoms with Crippen molar-refractivity contribution in [3.8, 4) is 0 Å². The Balaban J connectivity index is 2.25. The van der Waals surface area contributed by atoms with Crippen molar-refractivity contribution in [1.29, 1.82) is 0 Å². The molecule has 0 spiro atoms. The second-order valence-corrected chi connectivity index (χ2v) is 4.22. The summed E-state index contributed by atoms with van der Waals surface area (Å²) in [5, 5.41) is 0. The molecular weight excluding hydrogens is 144 g/mol. The minimum atomic E-state index is 0.459. The van der Waals surface area contributed by atoms with E-state index in [1.54, 1.807) is 0 Å². The molecule has 0 aromatic heterocycles. The van der Waals surface area contributed by atoms with Crippen LogP contribution in [0.2, 0.25) is 0 Å². The van der Waals surface area contributed by atoms with Crippen molar-refractivity contribution in [3.05, 3.63) is 30.0 Å². The van der Waals surface area contributed by atoms with Crippen molar-refractivity contribution in [2.75, 3.05) is 0 Å². The molecule has 0 unspecified atom stereocenters. The lowest BCUT2D eigenvalue weighted by atomic mass is 9.82. The van der Waals surface area contributed by atoms with Gasteiger partial charge in [-0.05, 0) is 49.2 Å². The Bertz CT molecular complexity index is 266. The molecule has 2 bridgehead atoms. The molecule has 1 saturated carbocycles. The molecule has 0 saturated heterocycles. The zero-order valence-corrected chi connectivity index (χ0v) is 7.88. The van der Waals surface area contributed by atoms with Gasteiger partial charge in [0, 0.05) is 0 Å². The van der Waals surface area contributed by atoms with Gasteiger partial charge in [0.25, 0.3) is 0 Å². The third kappa shape index (κ3) is 0.990. The molecule has 64 valence electrons. The normalized spacial score (nSPS) is 42.8. The Hall–Kier alpha value is -0.740. The van der Waals surface area contributed by atoms with Crippen LogP contribution in [-0.2, 0) is 0 Å². The predicted octanol–water partition coefficient (Wildman–Crippen LogP) is 3.32. The van der Waals surface area contributed by atoms with E-state index in [9.17, 15) is 0 Å². The van der Waals surface area contributed by atoms with E-state index in [-0.39, 0.29) is 0 Å². The smallest absolute Gasteiger partial charge is 0.000606 e. The van der Waals surface area contributed by atoms with Gasteiger partial charge in [0.05, 0.1) is 0 Å². The summed E-state index contributed by atoms with van der Waals surface area (Å²) in [6, 6.07) is 0. The number of hydrogen-bond donors (Lipinski definition) is 0. The molecule has 0 aromatic rings. The fourth-order valence-corrected chi connectivity index (χ4v) is 2.58. The first-order valence-electron chi connectivity index (χ1n) is 4.83.